The third-order valence-corrected chi connectivity index (χ3v) is 6.38. The molecule has 0 atom stereocenters. The van der Waals surface area contributed by atoms with Crippen molar-refractivity contribution in [2.24, 2.45) is 5.92 Å². The standard InChI is InChI=1S/C23H27ClN2O/c24-21-11-9-19(10-12-21)20-13-22(14-20)26-23(27)25-15-16-5-7-17-3-1-2-4-18(17)8-6-16/h1-4,9-12,16,20,22H,5-8,13-15H2,(H2,25,26,27). The molecule has 1 fully saturated rings. The van der Waals surface area contributed by atoms with E-state index in [-0.39, 0.29) is 12.1 Å². The third-order valence-electron chi connectivity index (χ3n) is 6.13. The summed E-state index contributed by atoms with van der Waals surface area (Å²) in [4.78, 5) is 12.2. The molecule has 0 heterocycles. The van der Waals surface area contributed by atoms with Crippen LogP contribution in [-0.2, 0) is 12.8 Å². The van der Waals surface area contributed by atoms with Crippen LogP contribution in [0, 0.1) is 5.92 Å². The van der Waals surface area contributed by atoms with Crippen molar-refractivity contribution in [1.29, 1.82) is 0 Å². The van der Waals surface area contributed by atoms with Gasteiger partial charge in [0.25, 0.3) is 0 Å². The van der Waals surface area contributed by atoms with Crippen LogP contribution in [0.2, 0.25) is 5.02 Å². The fraction of sp³-hybridized carbons (Fsp3) is 0.435. The fourth-order valence-corrected chi connectivity index (χ4v) is 4.46. The second-order valence-corrected chi connectivity index (χ2v) is 8.42. The van der Waals surface area contributed by atoms with Gasteiger partial charge in [0.05, 0.1) is 0 Å². The Labute approximate surface area is 166 Å². The van der Waals surface area contributed by atoms with E-state index in [2.05, 4.69) is 47.0 Å². The molecule has 142 valence electrons. The smallest absolute Gasteiger partial charge is 0.315 e. The molecule has 0 bridgehead atoms. The molecule has 0 unspecified atom stereocenters. The number of urea groups is 1. The zero-order valence-corrected chi connectivity index (χ0v) is 16.3. The van der Waals surface area contributed by atoms with Gasteiger partial charge in [-0.25, -0.2) is 4.79 Å². The van der Waals surface area contributed by atoms with Crippen molar-refractivity contribution in [3.63, 3.8) is 0 Å². The summed E-state index contributed by atoms with van der Waals surface area (Å²) in [6.07, 6.45) is 6.56. The second-order valence-electron chi connectivity index (χ2n) is 7.98. The Kier molecular flexibility index (Phi) is 5.68. The zero-order valence-electron chi connectivity index (χ0n) is 15.6. The number of fused-ring (bicyclic) bond motifs is 1. The van der Waals surface area contributed by atoms with Gasteiger partial charge in [-0.2, -0.15) is 0 Å². The van der Waals surface area contributed by atoms with Gasteiger partial charge in [0.2, 0.25) is 0 Å². The van der Waals surface area contributed by atoms with Crippen LogP contribution in [0.15, 0.2) is 48.5 Å². The summed E-state index contributed by atoms with van der Waals surface area (Å²) in [5.74, 6) is 1.10. The van der Waals surface area contributed by atoms with Crippen LogP contribution in [0.25, 0.3) is 0 Å². The highest BCUT2D eigenvalue weighted by atomic mass is 35.5. The van der Waals surface area contributed by atoms with Gasteiger partial charge in [-0.15, -0.1) is 0 Å². The maximum Gasteiger partial charge on any atom is 0.315 e. The van der Waals surface area contributed by atoms with Gasteiger partial charge >= 0.3 is 6.03 Å². The van der Waals surface area contributed by atoms with Gasteiger partial charge in [-0.05, 0) is 79.2 Å². The number of carbonyl (C=O) groups excluding carboxylic acids is 1. The first-order valence-corrected chi connectivity index (χ1v) is 10.4. The van der Waals surface area contributed by atoms with E-state index in [0.29, 0.717) is 11.8 Å². The third kappa shape index (κ3) is 4.65. The van der Waals surface area contributed by atoms with Gasteiger partial charge in [0.1, 0.15) is 0 Å². The van der Waals surface area contributed by atoms with Gasteiger partial charge in [0, 0.05) is 17.6 Å². The van der Waals surface area contributed by atoms with Crippen LogP contribution in [0.1, 0.15) is 48.3 Å². The lowest BCUT2D eigenvalue weighted by Crippen LogP contribution is -2.48. The molecule has 3 nitrogen and oxygen atoms in total. The molecule has 0 saturated heterocycles. The molecular formula is C23H27ClN2O. The van der Waals surface area contributed by atoms with E-state index in [4.69, 9.17) is 11.6 Å². The van der Waals surface area contributed by atoms with Crippen LogP contribution in [0.3, 0.4) is 0 Å². The van der Waals surface area contributed by atoms with Gasteiger partial charge in [-0.1, -0.05) is 48.0 Å². The van der Waals surface area contributed by atoms with Gasteiger partial charge in [0.15, 0.2) is 0 Å². The first kappa shape index (κ1) is 18.4. The van der Waals surface area contributed by atoms with Crippen molar-refractivity contribution in [3.05, 3.63) is 70.2 Å². The van der Waals surface area contributed by atoms with E-state index in [1.807, 2.05) is 12.1 Å². The SMILES string of the molecule is O=C(NCC1CCc2ccccc2CC1)NC1CC(c2ccc(Cl)cc2)C1. The molecule has 2 aliphatic rings. The Morgan fingerprint density at radius 1 is 0.963 bits per heavy atom. The lowest BCUT2D eigenvalue weighted by molar-refractivity contribution is 0.220. The highest BCUT2D eigenvalue weighted by Gasteiger charge is 2.31. The minimum atomic E-state index is -0.0173. The molecule has 2 aromatic rings. The lowest BCUT2D eigenvalue weighted by atomic mass is 9.76. The largest absolute Gasteiger partial charge is 0.338 e. The molecule has 2 aromatic carbocycles. The van der Waals surface area contributed by atoms with Crippen LogP contribution in [-0.4, -0.2) is 18.6 Å². The second kappa shape index (κ2) is 8.35. The molecule has 2 amide bonds. The molecule has 0 radical (unpaired) electrons. The van der Waals surface area contributed by atoms with Crippen LogP contribution >= 0.6 is 11.6 Å². The Morgan fingerprint density at radius 3 is 2.22 bits per heavy atom. The first-order valence-electron chi connectivity index (χ1n) is 10.0. The molecule has 4 heteroatoms. The molecule has 27 heavy (non-hydrogen) atoms. The summed E-state index contributed by atoms with van der Waals surface area (Å²) in [5, 5.41) is 7.00. The summed E-state index contributed by atoms with van der Waals surface area (Å²) >= 11 is 5.95. The summed E-state index contributed by atoms with van der Waals surface area (Å²) in [7, 11) is 0. The number of benzene rings is 2. The number of carbonyl (C=O) groups is 1. The molecule has 1 saturated carbocycles. The number of hydrogen-bond acceptors (Lipinski definition) is 1. The quantitative estimate of drug-likeness (QED) is 0.711. The first-order chi connectivity index (χ1) is 13.2. The Bertz CT molecular complexity index is 756. The summed E-state index contributed by atoms with van der Waals surface area (Å²) < 4.78 is 0. The van der Waals surface area contributed by atoms with Gasteiger partial charge < -0.3 is 10.6 Å². The van der Waals surface area contributed by atoms with E-state index in [0.717, 1.165) is 50.1 Å². The van der Waals surface area contributed by atoms with Crippen LogP contribution in [0.5, 0.6) is 0 Å². The van der Waals surface area contributed by atoms with E-state index >= 15 is 0 Å². The number of rotatable bonds is 4. The molecule has 2 N–H and O–H groups in total. The Hall–Kier alpha value is -2.00. The predicted molar refractivity (Wildman–Crippen MR) is 110 cm³/mol. The number of halogens is 1. The monoisotopic (exact) mass is 382 g/mol. The van der Waals surface area contributed by atoms with Gasteiger partial charge in [-0.3, -0.25) is 0 Å². The van der Waals surface area contributed by atoms with E-state index in [9.17, 15) is 4.79 Å². The Balaban J connectivity index is 1.17. The van der Waals surface area contributed by atoms with Crippen molar-refractivity contribution in [2.45, 2.75) is 50.5 Å². The predicted octanol–water partition coefficient (Wildman–Crippen LogP) is 5.08. The normalized spacial score (nSPS) is 22.3. The van der Waals surface area contributed by atoms with Crippen molar-refractivity contribution in [1.82, 2.24) is 10.6 Å². The summed E-state index contributed by atoms with van der Waals surface area (Å²) in [5.41, 5.74) is 4.27. The molecule has 0 aliphatic heterocycles. The minimum absolute atomic E-state index is 0.0173. The molecule has 0 spiro atoms. The van der Waals surface area contributed by atoms with E-state index in [1.165, 1.54) is 16.7 Å². The fourth-order valence-electron chi connectivity index (χ4n) is 4.33. The van der Waals surface area contributed by atoms with E-state index in [1.54, 1.807) is 0 Å². The number of amides is 2. The van der Waals surface area contributed by atoms with Crippen LogP contribution < -0.4 is 10.6 Å². The van der Waals surface area contributed by atoms with Crippen molar-refractivity contribution in [2.75, 3.05) is 6.54 Å². The minimum Gasteiger partial charge on any atom is -0.338 e. The van der Waals surface area contributed by atoms with Crippen molar-refractivity contribution >= 4 is 17.6 Å². The lowest BCUT2D eigenvalue weighted by Gasteiger charge is -2.36. The summed E-state index contributed by atoms with van der Waals surface area (Å²) in [6.45, 7) is 0.771. The maximum atomic E-state index is 12.2. The van der Waals surface area contributed by atoms with E-state index < -0.39 is 0 Å². The Morgan fingerprint density at radius 2 is 1.59 bits per heavy atom. The van der Waals surface area contributed by atoms with Crippen LogP contribution in [0.4, 0.5) is 4.79 Å². The van der Waals surface area contributed by atoms with Crippen molar-refractivity contribution in [3.8, 4) is 0 Å². The number of hydrogen-bond donors (Lipinski definition) is 2. The molecule has 0 aromatic heterocycles. The molecular weight excluding hydrogens is 356 g/mol. The van der Waals surface area contributed by atoms with Crippen molar-refractivity contribution < 1.29 is 4.79 Å². The topological polar surface area (TPSA) is 41.1 Å². The molecule has 2 aliphatic carbocycles. The highest BCUT2D eigenvalue weighted by Crippen LogP contribution is 2.37. The zero-order chi connectivity index (χ0) is 18.6. The highest BCUT2D eigenvalue weighted by molar-refractivity contribution is 6.30. The average molecular weight is 383 g/mol. The average Bonchev–Trinajstić information content (AvgIpc) is 2.86. The number of nitrogens with one attached hydrogen (secondary N) is 2. The summed E-state index contributed by atoms with van der Waals surface area (Å²) in [6, 6.07) is 17.1. The number of aryl methyl sites for hydroxylation is 2. The molecule has 4 rings (SSSR count). The maximum absolute atomic E-state index is 12.2.